The van der Waals surface area contributed by atoms with Crippen molar-refractivity contribution in [3.05, 3.63) is 39.6 Å². The molecule has 2 aliphatic rings. The van der Waals surface area contributed by atoms with Crippen LogP contribution in [0.25, 0.3) is 0 Å². The zero-order valence-corrected chi connectivity index (χ0v) is 13.7. The highest BCUT2D eigenvalue weighted by Gasteiger charge is 2.28. The van der Waals surface area contributed by atoms with Crippen LogP contribution in [0.4, 0.5) is 5.69 Å². The normalized spacial score (nSPS) is 17.2. The number of aryl methyl sites for hydroxylation is 2. The maximum absolute atomic E-state index is 12.7. The van der Waals surface area contributed by atoms with Crippen LogP contribution in [0.15, 0.2) is 17.1 Å². The van der Waals surface area contributed by atoms with E-state index in [1.807, 2.05) is 4.90 Å². The average molecular weight is 328 g/mol. The molecule has 0 spiro atoms. The number of hydrogen-bond acceptors (Lipinski definition) is 5. The van der Waals surface area contributed by atoms with Crippen LogP contribution in [0.2, 0.25) is 0 Å². The van der Waals surface area contributed by atoms with Gasteiger partial charge in [-0.1, -0.05) is 0 Å². The molecule has 1 aliphatic carbocycles. The number of carbonyl (C=O) groups is 1. The van der Waals surface area contributed by atoms with E-state index in [0.29, 0.717) is 31.9 Å². The third kappa shape index (κ3) is 2.47. The Bertz CT molecular complexity index is 831. The van der Waals surface area contributed by atoms with Gasteiger partial charge in [-0.25, -0.2) is 4.68 Å². The summed E-state index contributed by atoms with van der Waals surface area (Å²) in [6.45, 7) is 2.62. The fourth-order valence-corrected chi connectivity index (χ4v) is 3.45. The van der Waals surface area contributed by atoms with E-state index in [0.717, 1.165) is 36.2 Å². The summed E-state index contributed by atoms with van der Waals surface area (Å²) in [5.41, 5.74) is 3.48. The minimum atomic E-state index is -0.127. The Labute approximate surface area is 139 Å². The quantitative estimate of drug-likeness (QED) is 0.835. The molecule has 8 nitrogen and oxygen atoms in total. The summed E-state index contributed by atoms with van der Waals surface area (Å²) in [6, 6.07) is 1.59. The van der Waals surface area contributed by atoms with Gasteiger partial charge in [0.15, 0.2) is 5.69 Å². The van der Waals surface area contributed by atoms with E-state index in [9.17, 15) is 9.59 Å². The standard InChI is InChI=1S/C16H20N6O2/c1-20-14(23)9-11(10-17-20)21-5-7-22(8-6-21)16(24)15-12-3-2-4-13(12)18-19-15/h9-10H,2-8H2,1H3,(H,18,19). The first-order valence-electron chi connectivity index (χ1n) is 8.27. The van der Waals surface area contributed by atoms with Crippen LogP contribution < -0.4 is 10.5 Å². The Morgan fingerprint density at radius 3 is 2.75 bits per heavy atom. The molecule has 2 aromatic heterocycles. The van der Waals surface area contributed by atoms with Gasteiger partial charge in [0.25, 0.3) is 11.5 Å². The molecule has 1 fully saturated rings. The van der Waals surface area contributed by atoms with E-state index in [2.05, 4.69) is 20.2 Å². The summed E-state index contributed by atoms with van der Waals surface area (Å²) in [4.78, 5) is 28.4. The van der Waals surface area contributed by atoms with Crippen LogP contribution in [0.1, 0.15) is 28.2 Å². The largest absolute Gasteiger partial charge is 0.367 e. The highest BCUT2D eigenvalue weighted by molar-refractivity contribution is 5.94. The molecule has 8 heteroatoms. The van der Waals surface area contributed by atoms with Gasteiger partial charge >= 0.3 is 0 Å². The topological polar surface area (TPSA) is 87.1 Å². The molecule has 4 rings (SSSR count). The van der Waals surface area contributed by atoms with Crippen molar-refractivity contribution in [1.82, 2.24) is 24.9 Å². The van der Waals surface area contributed by atoms with Crippen LogP contribution in [-0.4, -0.2) is 57.0 Å². The number of carbonyl (C=O) groups excluding carboxylic acids is 1. The van der Waals surface area contributed by atoms with Gasteiger partial charge in [0.05, 0.1) is 11.9 Å². The minimum absolute atomic E-state index is 0.0103. The lowest BCUT2D eigenvalue weighted by Crippen LogP contribution is -2.49. The average Bonchev–Trinajstić information content (AvgIpc) is 3.20. The molecule has 3 heterocycles. The van der Waals surface area contributed by atoms with Gasteiger partial charge in [-0.05, 0) is 19.3 Å². The Hall–Kier alpha value is -2.64. The molecule has 1 N–H and O–H groups in total. The fraction of sp³-hybridized carbons (Fsp3) is 0.500. The van der Waals surface area contributed by atoms with Gasteiger partial charge in [0.1, 0.15) is 0 Å². The number of fused-ring (bicyclic) bond motifs is 1. The molecule has 0 saturated carbocycles. The van der Waals surface area contributed by atoms with Crippen LogP contribution in [0.3, 0.4) is 0 Å². The van der Waals surface area contributed by atoms with Crippen LogP contribution in [0.5, 0.6) is 0 Å². The molecule has 1 amide bonds. The highest BCUT2D eigenvalue weighted by atomic mass is 16.2. The van der Waals surface area contributed by atoms with Crippen molar-refractivity contribution >= 4 is 11.6 Å². The summed E-state index contributed by atoms with van der Waals surface area (Å²) in [5, 5.41) is 11.3. The number of nitrogens with one attached hydrogen (secondary N) is 1. The molecule has 1 aliphatic heterocycles. The summed E-state index contributed by atoms with van der Waals surface area (Å²) in [7, 11) is 1.63. The molecule has 2 aromatic rings. The number of nitrogens with zero attached hydrogens (tertiary/aromatic N) is 5. The lowest BCUT2D eigenvalue weighted by atomic mass is 10.1. The Morgan fingerprint density at radius 1 is 1.21 bits per heavy atom. The predicted molar refractivity (Wildman–Crippen MR) is 88.2 cm³/mol. The zero-order valence-electron chi connectivity index (χ0n) is 13.7. The molecular weight excluding hydrogens is 308 g/mol. The minimum Gasteiger partial charge on any atom is -0.367 e. The van der Waals surface area contributed by atoms with E-state index in [1.165, 1.54) is 4.68 Å². The lowest BCUT2D eigenvalue weighted by molar-refractivity contribution is 0.0739. The molecule has 0 atom stereocenters. The number of aromatic nitrogens is 4. The van der Waals surface area contributed by atoms with Gasteiger partial charge in [-0.3, -0.25) is 14.7 Å². The molecule has 126 valence electrons. The molecular formula is C16H20N6O2. The van der Waals surface area contributed by atoms with Crippen molar-refractivity contribution in [3.8, 4) is 0 Å². The van der Waals surface area contributed by atoms with Crippen molar-refractivity contribution in [1.29, 1.82) is 0 Å². The van der Waals surface area contributed by atoms with E-state index in [4.69, 9.17) is 0 Å². The number of piperazine rings is 1. The van der Waals surface area contributed by atoms with Gasteiger partial charge in [0.2, 0.25) is 0 Å². The van der Waals surface area contributed by atoms with Crippen molar-refractivity contribution in [2.24, 2.45) is 7.05 Å². The Kier molecular flexibility index (Phi) is 3.59. The third-order valence-corrected chi connectivity index (χ3v) is 4.89. The summed E-state index contributed by atoms with van der Waals surface area (Å²) in [6.07, 6.45) is 4.71. The van der Waals surface area contributed by atoms with Crippen LogP contribution >= 0.6 is 0 Å². The number of amides is 1. The zero-order chi connectivity index (χ0) is 16.7. The number of rotatable bonds is 2. The molecule has 0 radical (unpaired) electrons. The first-order valence-corrected chi connectivity index (χ1v) is 8.27. The van der Waals surface area contributed by atoms with Crippen molar-refractivity contribution in [3.63, 3.8) is 0 Å². The predicted octanol–water partition coefficient (Wildman–Crippen LogP) is -0.0455. The first kappa shape index (κ1) is 14.9. The van der Waals surface area contributed by atoms with Crippen molar-refractivity contribution in [2.75, 3.05) is 31.1 Å². The van der Waals surface area contributed by atoms with Crippen molar-refractivity contribution < 1.29 is 4.79 Å². The highest BCUT2D eigenvalue weighted by Crippen LogP contribution is 2.24. The van der Waals surface area contributed by atoms with E-state index < -0.39 is 0 Å². The van der Waals surface area contributed by atoms with E-state index >= 15 is 0 Å². The first-order chi connectivity index (χ1) is 11.6. The Balaban J connectivity index is 1.45. The van der Waals surface area contributed by atoms with Gasteiger partial charge in [-0.2, -0.15) is 10.2 Å². The summed E-state index contributed by atoms with van der Waals surface area (Å²) >= 11 is 0. The number of H-pyrrole nitrogens is 1. The molecule has 1 saturated heterocycles. The van der Waals surface area contributed by atoms with Crippen LogP contribution in [-0.2, 0) is 19.9 Å². The second-order valence-electron chi connectivity index (χ2n) is 6.34. The molecule has 0 unspecified atom stereocenters. The molecule has 24 heavy (non-hydrogen) atoms. The monoisotopic (exact) mass is 328 g/mol. The number of hydrogen-bond donors (Lipinski definition) is 1. The molecule has 0 aromatic carbocycles. The number of aromatic amines is 1. The SMILES string of the molecule is Cn1ncc(N2CCN(C(=O)c3n[nH]c4c3CCC4)CC2)cc1=O. The second kappa shape index (κ2) is 5.77. The van der Waals surface area contributed by atoms with Gasteiger partial charge < -0.3 is 9.80 Å². The lowest BCUT2D eigenvalue weighted by Gasteiger charge is -2.35. The van der Waals surface area contributed by atoms with Gasteiger partial charge in [-0.15, -0.1) is 0 Å². The maximum atomic E-state index is 12.7. The van der Waals surface area contributed by atoms with Crippen molar-refractivity contribution in [2.45, 2.75) is 19.3 Å². The van der Waals surface area contributed by atoms with Gasteiger partial charge in [0, 0.05) is 50.6 Å². The third-order valence-electron chi connectivity index (χ3n) is 4.89. The summed E-state index contributed by atoms with van der Waals surface area (Å²) in [5.74, 6) is 0.0103. The van der Waals surface area contributed by atoms with Crippen LogP contribution in [0, 0.1) is 0 Å². The fourth-order valence-electron chi connectivity index (χ4n) is 3.45. The van der Waals surface area contributed by atoms with E-state index in [1.54, 1.807) is 19.3 Å². The summed E-state index contributed by atoms with van der Waals surface area (Å²) < 4.78 is 1.31. The van der Waals surface area contributed by atoms with E-state index in [-0.39, 0.29) is 11.5 Å². The number of anilines is 1. The Morgan fingerprint density at radius 2 is 2.00 bits per heavy atom. The second-order valence-corrected chi connectivity index (χ2v) is 6.34. The maximum Gasteiger partial charge on any atom is 0.274 e. The smallest absolute Gasteiger partial charge is 0.274 e. The molecule has 0 bridgehead atoms.